The van der Waals surface area contributed by atoms with Crippen LogP contribution in [0.4, 0.5) is 10.1 Å². The number of amides is 1. The van der Waals surface area contributed by atoms with Gasteiger partial charge in [-0.2, -0.15) is 0 Å². The first-order valence-electron chi connectivity index (χ1n) is 6.34. The van der Waals surface area contributed by atoms with Crippen molar-refractivity contribution in [2.45, 2.75) is 20.0 Å². The highest BCUT2D eigenvalue weighted by molar-refractivity contribution is 5.94. The summed E-state index contributed by atoms with van der Waals surface area (Å²) in [5.41, 5.74) is 1.84. The van der Waals surface area contributed by atoms with Crippen molar-refractivity contribution < 1.29 is 13.9 Å². The van der Waals surface area contributed by atoms with E-state index in [0.29, 0.717) is 5.75 Å². The maximum Gasteiger partial charge on any atom is 0.265 e. The van der Waals surface area contributed by atoms with Gasteiger partial charge in [0.2, 0.25) is 0 Å². The lowest BCUT2D eigenvalue weighted by atomic mass is 10.2. The number of rotatable bonds is 4. The van der Waals surface area contributed by atoms with Crippen LogP contribution in [-0.4, -0.2) is 12.0 Å². The van der Waals surface area contributed by atoms with Crippen LogP contribution in [0.15, 0.2) is 48.5 Å². The van der Waals surface area contributed by atoms with Gasteiger partial charge in [-0.3, -0.25) is 4.79 Å². The summed E-state index contributed by atoms with van der Waals surface area (Å²) in [6.07, 6.45) is -0.665. The van der Waals surface area contributed by atoms with Crippen molar-refractivity contribution in [3.8, 4) is 5.75 Å². The summed E-state index contributed by atoms with van der Waals surface area (Å²) in [4.78, 5) is 12.0. The molecule has 1 N–H and O–H groups in total. The Morgan fingerprint density at radius 1 is 1.10 bits per heavy atom. The molecule has 2 aromatic carbocycles. The molecule has 2 rings (SSSR count). The Hall–Kier alpha value is -2.36. The number of halogens is 1. The van der Waals surface area contributed by atoms with E-state index in [1.807, 2.05) is 31.2 Å². The Bertz CT molecular complexity index is 578. The monoisotopic (exact) mass is 273 g/mol. The van der Waals surface area contributed by atoms with Crippen LogP contribution in [0.1, 0.15) is 12.5 Å². The first-order chi connectivity index (χ1) is 9.54. The maximum absolute atomic E-state index is 12.8. The fourth-order valence-electron chi connectivity index (χ4n) is 1.65. The Morgan fingerprint density at radius 2 is 1.70 bits per heavy atom. The average molecular weight is 273 g/mol. The van der Waals surface area contributed by atoms with Crippen LogP contribution in [0, 0.1) is 12.7 Å². The van der Waals surface area contributed by atoms with Gasteiger partial charge in [0, 0.05) is 5.69 Å². The molecule has 0 saturated heterocycles. The smallest absolute Gasteiger partial charge is 0.265 e. The average Bonchev–Trinajstić information content (AvgIpc) is 2.44. The summed E-state index contributed by atoms with van der Waals surface area (Å²) in [7, 11) is 0. The summed E-state index contributed by atoms with van der Waals surface area (Å²) in [6.45, 7) is 3.62. The molecule has 0 radical (unpaired) electrons. The van der Waals surface area contributed by atoms with Crippen LogP contribution < -0.4 is 10.1 Å². The number of carbonyl (C=O) groups is 1. The molecule has 104 valence electrons. The zero-order valence-corrected chi connectivity index (χ0v) is 11.4. The molecule has 0 aromatic heterocycles. The van der Waals surface area contributed by atoms with Gasteiger partial charge in [-0.25, -0.2) is 4.39 Å². The lowest BCUT2D eigenvalue weighted by Crippen LogP contribution is -2.30. The first kappa shape index (κ1) is 14.1. The van der Waals surface area contributed by atoms with Gasteiger partial charge in [-0.05, 0) is 50.2 Å². The summed E-state index contributed by atoms with van der Waals surface area (Å²) in [5, 5.41) is 2.76. The second-order valence-electron chi connectivity index (χ2n) is 4.57. The van der Waals surface area contributed by atoms with Crippen LogP contribution in [0.25, 0.3) is 0 Å². The molecule has 0 aliphatic heterocycles. The predicted octanol–water partition coefficient (Wildman–Crippen LogP) is 3.54. The Balaban J connectivity index is 1.94. The number of nitrogens with one attached hydrogen (secondary N) is 1. The standard InChI is InChI=1S/C16H16FNO2/c1-11-3-7-14(8-4-11)18-16(19)12(2)20-15-9-5-13(17)6-10-15/h3-10,12H,1-2H3,(H,18,19)/t12-/m0/s1. The highest BCUT2D eigenvalue weighted by atomic mass is 19.1. The minimum atomic E-state index is -0.665. The molecule has 4 heteroatoms. The topological polar surface area (TPSA) is 38.3 Å². The van der Waals surface area contributed by atoms with E-state index < -0.39 is 6.10 Å². The van der Waals surface area contributed by atoms with E-state index in [0.717, 1.165) is 11.3 Å². The molecule has 1 amide bonds. The highest BCUT2D eigenvalue weighted by Gasteiger charge is 2.14. The van der Waals surface area contributed by atoms with Crippen molar-refractivity contribution >= 4 is 11.6 Å². The Morgan fingerprint density at radius 3 is 2.30 bits per heavy atom. The second kappa shape index (κ2) is 6.19. The van der Waals surface area contributed by atoms with Gasteiger partial charge < -0.3 is 10.1 Å². The molecular formula is C16H16FNO2. The SMILES string of the molecule is Cc1ccc(NC(=O)[C@H](C)Oc2ccc(F)cc2)cc1. The van der Waals surface area contributed by atoms with Crippen LogP contribution in [-0.2, 0) is 4.79 Å². The maximum atomic E-state index is 12.8. The number of hydrogen-bond donors (Lipinski definition) is 1. The largest absolute Gasteiger partial charge is 0.481 e. The molecule has 0 heterocycles. The number of anilines is 1. The first-order valence-corrected chi connectivity index (χ1v) is 6.34. The molecule has 20 heavy (non-hydrogen) atoms. The van der Waals surface area contributed by atoms with E-state index in [-0.39, 0.29) is 11.7 Å². The number of ether oxygens (including phenoxy) is 1. The molecular weight excluding hydrogens is 257 g/mol. The van der Waals surface area contributed by atoms with E-state index in [4.69, 9.17) is 4.74 Å². The van der Waals surface area contributed by atoms with Gasteiger partial charge in [0.25, 0.3) is 5.91 Å². The molecule has 0 saturated carbocycles. The van der Waals surface area contributed by atoms with E-state index >= 15 is 0 Å². The van der Waals surface area contributed by atoms with Gasteiger partial charge in [0.05, 0.1) is 0 Å². The van der Waals surface area contributed by atoms with Gasteiger partial charge in [0.1, 0.15) is 11.6 Å². The summed E-state index contributed by atoms with van der Waals surface area (Å²) in [5.74, 6) is -0.134. The normalized spacial score (nSPS) is 11.8. The van der Waals surface area contributed by atoms with E-state index in [2.05, 4.69) is 5.32 Å². The van der Waals surface area contributed by atoms with Crippen molar-refractivity contribution in [1.29, 1.82) is 0 Å². The van der Waals surface area contributed by atoms with Gasteiger partial charge in [-0.15, -0.1) is 0 Å². The third-order valence-corrected chi connectivity index (χ3v) is 2.81. The zero-order chi connectivity index (χ0) is 14.5. The fourth-order valence-corrected chi connectivity index (χ4v) is 1.65. The zero-order valence-electron chi connectivity index (χ0n) is 11.4. The molecule has 3 nitrogen and oxygen atoms in total. The minimum absolute atomic E-state index is 0.252. The van der Waals surface area contributed by atoms with E-state index in [1.165, 1.54) is 24.3 Å². The highest BCUT2D eigenvalue weighted by Crippen LogP contribution is 2.14. The quantitative estimate of drug-likeness (QED) is 0.925. The van der Waals surface area contributed by atoms with Gasteiger partial charge >= 0.3 is 0 Å². The predicted molar refractivity (Wildman–Crippen MR) is 76.3 cm³/mol. The van der Waals surface area contributed by atoms with Crippen molar-refractivity contribution in [3.63, 3.8) is 0 Å². The van der Waals surface area contributed by atoms with Crippen molar-refractivity contribution in [2.24, 2.45) is 0 Å². The van der Waals surface area contributed by atoms with Crippen LogP contribution in [0.2, 0.25) is 0 Å². The molecule has 0 aliphatic carbocycles. The summed E-state index contributed by atoms with van der Waals surface area (Å²) < 4.78 is 18.2. The van der Waals surface area contributed by atoms with E-state index in [9.17, 15) is 9.18 Å². The summed E-state index contributed by atoms with van der Waals surface area (Å²) >= 11 is 0. The Kier molecular flexibility index (Phi) is 4.35. The number of carbonyl (C=O) groups excluding carboxylic acids is 1. The molecule has 2 aromatic rings. The minimum Gasteiger partial charge on any atom is -0.481 e. The van der Waals surface area contributed by atoms with E-state index in [1.54, 1.807) is 6.92 Å². The summed E-state index contributed by atoms with van der Waals surface area (Å²) in [6, 6.07) is 13.1. The van der Waals surface area contributed by atoms with Crippen LogP contribution >= 0.6 is 0 Å². The Labute approximate surface area is 117 Å². The third kappa shape index (κ3) is 3.82. The lowest BCUT2D eigenvalue weighted by molar-refractivity contribution is -0.122. The molecule has 0 aliphatic rings. The third-order valence-electron chi connectivity index (χ3n) is 2.81. The van der Waals surface area contributed by atoms with Crippen LogP contribution in [0.5, 0.6) is 5.75 Å². The van der Waals surface area contributed by atoms with Crippen molar-refractivity contribution in [3.05, 3.63) is 59.9 Å². The molecule has 0 spiro atoms. The molecule has 0 bridgehead atoms. The molecule has 0 unspecified atom stereocenters. The number of hydrogen-bond acceptors (Lipinski definition) is 2. The lowest BCUT2D eigenvalue weighted by Gasteiger charge is -2.14. The molecule has 1 atom stereocenters. The number of benzene rings is 2. The van der Waals surface area contributed by atoms with Crippen molar-refractivity contribution in [2.75, 3.05) is 5.32 Å². The molecule has 0 fully saturated rings. The van der Waals surface area contributed by atoms with Crippen molar-refractivity contribution in [1.82, 2.24) is 0 Å². The number of aryl methyl sites for hydroxylation is 1. The second-order valence-corrected chi connectivity index (χ2v) is 4.57. The van der Waals surface area contributed by atoms with Gasteiger partial charge in [-0.1, -0.05) is 17.7 Å². The van der Waals surface area contributed by atoms with Crippen LogP contribution in [0.3, 0.4) is 0 Å². The van der Waals surface area contributed by atoms with Gasteiger partial charge in [0.15, 0.2) is 6.10 Å². The fraction of sp³-hybridized carbons (Fsp3) is 0.188.